The number of hydrogen-bond donors (Lipinski definition) is 2. The summed E-state index contributed by atoms with van der Waals surface area (Å²) in [7, 11) is 0. The maximum absolute atomic E-state index is 9.24. The van der Waals surface area contributed by atoms with E-state index in [9.17, 15) is 5.26 Å². The molecule has 0 aliphatic heterocycles. The van der Waals surface area contributed by atoms with Crippen molar-refractivity contribution in [2.75, 3.05) is 11.5 Å². The van der Waals surface area contributed by atoms with Crippen molar-refractivity contribution >= 4 is 27.7 Å². The van der Waals surface area contributed by atoms with Gasteiger partial charge in [0, 0.05) is 21.8 Å². The Hall–Kier alpha value is -2.98. The molecule has 0 spiro atoms. The molecule has 7 heteroatoms. The smallest absolute Gasteiger partial charge is 0.222 e. The van der Waals surface area contributed by atoms with Gasteiger partial charge in [-0.15, -0.1) is 0 Å². The largest absolute Gasteiger partial charge is 0.382 e. The second-order valence-electron chi connectivity index (χ2n) is 4.74. The molecule has 4 N–H and O–H groups in total. The summed E-state index contributed by atoms with van der Waals surface area (Å²) in [5.41, 5.74) is 14.5. The number of anilines is 2. The van der Waals surface area contributed by atoms with Gasteiger partial charge < -0.3 is 11.5 Å². The predicted molar refractivity (Wildman–Crippen MR) is 91.9 cm³/mol. The molecule has 23 heavy (non-hydrogen) atoms. The lowest BCUT2D eigenvalue weighted by molar-refractivity contribution is 1.18. The summed E-state index contributed by atoms with van der Waals surface area (Å²) in [4.78, 5) is 12.3. The molecule has 3 rings (SSSR count). The molecule has 3 aromatic rings. The fourth-order valence-electron chi connectivity index (χ4n) is 2.16. The molecule has 1 aromatic carbocycles. The van der Waals surface area contributed by atoms with E-state index in [1.807, 2.05) is 42.5 Å². The molecule has 0 bridgehead atoms. The van der Waals surface area contributed by atoms with Gasteiger partial charge in [0.15, 0.2) is 0 Å². The van der Waals surface area contributed by atoms with Gasteiger partial charge in [-0.05, 0) is 28.1 Å². The predicted octanol–water partition coefficient (Wildman–Crippen LogP) is 3.00. The van der Waals surface area contributed by atoms with Gasteiger partial charge in [0.05, 0.1) is 11.4 Å². The van der Waals surface area contributed by atoms with Crippen molar-refractivity contribution in [1.29, 1.82) is 5.26 Å². The van der Waals surface area contributed by atoms with Gasteiger partial charge in [0.1, 0.15) is 17.5 Å². The summed E-state index contributed by atoms with van der Waals surface area (Å²) < 4.78 is 0.920. The minimum atomic E-state index is 0.0372. The SMILES string of the molecule is N#Cc1c(N)nc(N)nc1-c1ccc(-c2ccc(Br)cn2)cc1. The third kappa shape index (κ3) is 2.98. The van der Waals surface area contributed by atoms with Crippen LogP contribution < -0.4 is 11.5 Å². The van der Waals surface area contributed by atoms with E-state index < -0.39 is 0 Å². The molecule has 0 saturated heterocycles. The highest BCUT2D eigenvalue weighted by Crippen LogP contribution is 2.27. The fraction of sp³-hybridized carbons (Fsp3) is 0. The van der Waals surface area contributed by atoms with Gasteiger partial charge in [-0.2, -0.15) is 10.2 Å². The van der Waals surface area contributed by atoms with Crippen LogP contribution in [0.1, 0.15) is 5.56 Å². The van der Waals surface area contributed by atoms with Crippen molar-refractivity contribution in [3.8, 4) is 28.6 Å². The lowest BCUT2D eigenvalue weighted by atomic mass is 10.0. The number of nitriles is 1. The topological polar surface area (TPSA) is 114 Å². The van der Waals surface area contributed by atoms with Gasteiger partial charge in [-0.25, -0.2) is 4.98 Å². The molecule has 112 valence electrons. The van der Waals surface area contributed by atoms with Crippen LogP contribution >= 0.6 is 15.9 Å². The van der Waals surface area contributed by atoms with Crippen molar-refractivity contribution in [3.63, 3.8) is 0 Å². The Labute approximate surface area is 141 Å². The molecule has 0 aliphatic rings. The summed E-state index contributed by atoms with van der Waals surface area (Å²) in [5.74, 6) is 0.115. The van der Waals surface area contributed by atoms with Crippen LogP contribution in [-0.4, -0.2) is 15.0 Å². The van der Waals surface area contributed by atoms with E-state index in [2.05, 4.69) is 30.9 Å². The lowest BCUT2D eigenvalue weighted by Gasteiger charge is -2.07. The first-order valence-electron chi connectivity index (χ1n) is 6.64. The average Bonchev–Trinajstić information content (AvgIpc) is 2.55. The minimum Gasteiger partial charge on any atom is -0.382 e. The highest BCUT2D eigenvalue weighted by molar-refractivity contribution is 9.10. The van der Waals surface area contributed by atoms with Crippen LogP contribution in [-0.2, 0) is 0 Å². The molecule has 0 aliphatic carbocycles. The van der Waals surface area contributed by atoms with Crippen molar-refractivity contribution in [2.24, 2.45) is 0 Å². The number of nitrogens with two attached hydrogens (primary N) is 2. The zero-order valence-corrected chi connectivity index (χ0v) is 13.4. The van der Waals surface area contributed by atoms with Crippen LogP contribution in [0.5, 0.6) is 0 Å². The molecule has 0 amide bonds. The van der Waals surface area contributed by atoms with Crippen molar-refractivity contribution < 1.29 is 0 Å². The first-order valence-corrected chi connectivity index (χ1v) is 7.43. The third-order valence-electron chi connectivity index (χ3n) is 3.25. The summed E-state index contributed by atoms with van der Waals surface area (Å²) in [6, 6.07) is 13.4. The van der Waals surface area contributed by atoms with Crippen LogP contribution in [0.3, 0.4) is 0 Å². The van der Waals surface area contributed by atoms with E-state index in [0.717, 1.165) is 21.3 Å². The van der Waals surface area contributed by atoms with E-state index in [4.69, 9.17) is 11.5 Å². The van der Waals surface area contributed by atoms with Gasteiger partial charge in [0.2, 0.25) is 5.95 Å². The molecular formula is C16H11BrN6. The molecule has 0 atom stereocenters. The zero-order valence-electron chi connectivity index (χ0n) is 11.9. The van der Waals surface area contributed by atoms with E-state index in [1.54, 1.807) is 6.20 Å². The molecule has 6 nitrogen and oxygen atoms in total. The number of pyridine rings is 1. The first kappa shape index (κ1) is 14.9. The van der Waals surface area contributed by atoms with E-state index in [-0.39, 0.29) is 17.3 Å². The summed E-state index contributed by atoms with van der Waals surface area (Å²) in [6.45, 7) is 0. The number of halogens is 1. The average molecular weight is 367 g/mol. The second kappa shape index (κ2) is 6.02. The van der Waals surface area contributed by atoms with Crippen LogP contribution in [0, 0.1) is 11.3 Å². The van der Waals surface area contributed by atoms with Crippen molar-refractivity contribution in [3.05, 3.63) is 52.6 Å². The number of rotatable bonds is 2. The number of aromatic nitrogens is 3. The highest BCUT2D eigenvalue weighted by Gasteiger charge is 2.13. The molecule has 0 radical (unpaired) electrons. The second-order valence-corrected chi connectivity index (χ2v) is 5.66. The molecule has 0 saturated carbocycles. The van der Waals surface area contributed by atoms with Gasteiger partial charge in [-0.1, -0.05) is 24.3 Å². The molecular weight excluding hydrogens is 356 g/mol. The normalized spacial score (nSPS) is 10.3. The first-order chi connectivity index (χ1) is 11.1. The number of hydrogen-bond acceptors (Lipinski definition) is 6. The Kier molecular flexibility index (Phi) is 3.91. The quantitative estimate of drug-likeness (QED) is 0.720. The highest BCUT2D eigenvalue weighted by atomic mass is 79.9. The Morgan fingerprint density at radius 3 is 2.26 bits per heavy atom. The van der Waals surface area contributed by atoms with Gasteiger partial charge in [0.25, 0.3) is 0 Å². The van der Waals surface area contributed by atoms with Crippen molar-refractivity contribution in [2.45, 2.75) is 0 Å². The van der Waals surface area contributed by atoms with Crippen LogP contribution in [0.15, 0.2) is 47.1 Å². The standard InChI is InChI=1S/C16H11BrN6/c17-11-5-6-13(21-8-11)9-1-3-10(4-2-9)14-12(7-18)15(19)23-16(20)22-14/h1-6,8H,(H4,19,20,22,23). The van der Waals surface area contributed by atoms with Crippen LogP contribution in [0.4, 0.5) is 11.8 Å². The summed E-state index contributed by atoms with van der Waals surface area (Å²) >= 11 is 3.36. The Bertz CT molecular complexity index is 898. The van der Waals surface area contributed by atoms with Gasteiger partial charge >= 0.3 is 0 Å². The van der Waals surface area contributed by atoms with Crippen LogP contribution in [0.2, 0.25) is 0 Å². The molecule has 2 aromatic heterocycles. The number of nitrogen functional groups attached to an aromatic ring is 2. The maximum atomic E-state index is 9.24. The minimum absolute atomic E-state index is 0.0372. The summed E-state index contributed by atoms with van der Waals surface area (Å²) in [5, 5.41) is 9.24. The van der Waals surface area contributed by atoms with Crippen molar-refractivity contribution in [1.82, 2.24) is 15.0 Å². The molecule has 2 heterocycles. The monoisotopic (exact) mass is 366 g/mol. The Morgan fingerprint density at radius 1 is 0.957 bits per heavy atom. The third-order valence-corrected chi connectivity index (χ3v) is 3.72. The van der Waals surface area contributed by atoms with E-state index in [1.165, 1.54) is 0 Å². The lowest BCUT2D eigenvalue weighted by Crippen LogP contribution is -2.04. The van der Waals surface area contributed by atoms with E-state index in [0.29, 0.717) is 5.69 Å². The van der Waals surface area contributed by atoms with Gasteiger partial charge in [-0.3, -0.25) is 4.98 Å². The van der Waals surface area contributed by atoms with E-state index >= 15 is 0 Å². The molecule has 0 fully saturated rings. The summed E-state index contributed by atoms with van der Waals surface area (Å²) in [6.07, 6.45) is 1.74. The zero-order chi connectivity index (χ0) is 16.4. The number of benzene rings is 1. The number of nitrogens with zero attached hydrogens (tertiary/aromatic N) is 4. The molecule has 0 unspecified atom stereocenters. The Balaban J connectivity index is 2.04. The fourth-order valence-corrected chi connectivity index (χ4v) is 2.40. The van der Waals surface area contributed by atoms with Crippen LogP contribution in [0.25, 0.3) is 22.5 Å². The maximum Gasteiger partial charge on any atom is 0.222 e. The Morgan fingerprint density at radius 2 is 1.65 bits per heavy atom.